The van der Waals surface area contributed by atoms with Crippen LogP contribution < -0.4 is 5.32 Å². The van der Waals surface area contributed by atoms with E-state index in [2.05, 4.69) is 34.5 Å². The van der Waals surface area contributed by atoms with Crippen LogP contribution in [0.2, 0.25) is 4.34 Å². The molecule has 0 radical (unpaired) electrons. The van der Waals surface area contributed by atoms with E-state index in [-0.39, 0.29) is 11.8 Å². The van der Waals surface area contributed by atoms with Crippen molar-refractivity contribution >= 4 is 28.8 Å². The maximum atomic E-state index is 12.6. The fourth-order valence-corrected chi connectivity index (χ4v) is 3.61. The van der Waals surface area contributed by atoms with Gasteiger partial charge in [-0.25, -0.2) is 0 Å². The lowest BCUT2D eigenvalue weighted by atomic mass is 10.2. The lowest BCUT2D eigenvalue weighted by Crippen LogP contribution is -2.24. The Labute approximate surface area is 154 Å². The van der Waals surface area contributed by atoms with Gasteiger partial charge in [0.25, 0.3) is 5.91 Å². The summed E-state index contributed by atoms with van der Waals surface area (Å²) in [6, 6.07) is 3.66. The van der Waals surface area contributed by atoms with Gasteiger partial charge in [0.2, 0.25) is 0 Å². The Morgan fingerprint density at radius 1 is 1.32 bits per heavy atom. The van der Waals surface area contributed by atoms with Crippen molar-refractivity contribution in [2.24, 2.45) is 14.1 Å². The maximum absolute atomic E-state index is 12.6. The molecule has 0 aliphatic rings. The van der Waals surface area contributed by atoms with E-state index >= 15 is 0 Å². The summed E-state index contributed by atoms with van der Waals surface area (Å²) in [6.07, 6.45) is 1.70. The lowest BCUT2D eigenvalue weighted by Gasteiger charge is -2.07. The van der Waals surface area contributed by atoms with Crippen molar-refractivity contribution in [3.8, 4) is 10.6 Å². The highest BCUT2D eigenvalue weighted by molar-refractivity contribution is 7.19. The summed E-state index contributed by atoms with van der Waals surface area (Å²) in [5.74, 6) is 1.67. The summed E-state index contributed by atoms with van der Waals surface area (Å²) in [5.41, 5.74) is 1.13. The standard InChI is InChI=1S/C16H19ClN6OS/c1-9(2)15-20-19-13(23(15)4)7-18-16(24)10-8-22(3)21-14(10)11-5-6-12(17)25-11/h5-6,8-9H,7H2,1-4H3,(H,18,24). The van der Waals surface area contributed by atoms with Gasteiger partial charge < -0.3 is 9.88 Å². The topological polar surface area (TPSA) is 77.6 Å². The van der Waals surface area contributed by atoms with Crippen molar-refractivity contribution in [1.29, 1.82) is 0 Å². The molecule has 25 heavy (non-hydrogen) atoms. The largest absolute Gasteiger partial charge is 0.345 e. The molecule has 7 nitrogen and oxygen atoms in total. The molecule has 9 heteroatoms. The number of halogens is 1. The maximum Gasteiger partial charge on any atom is 0.255 e. The highest BCUT2D eigenvalue weighted by atomic mass is 35.5. The number of aryl methyl sites for hydroxylation is 1. The predicted octanol–water partition coefficient (Wildman–Crippen LogP) is 2.98. The van der Waals surface area contributed by atoms with Crippen molar-refractivity contribution in [2.75, 3.05) is 0 Å². The average molecular weight is 379 g/mol. The Kier molecular flexibility index (Phi) is 4.91. The van der Waals surface area contributed by atoms with Crippen LogP contribution in [0.1, 0.15) is 41.8 Å². The second-order valence-electron chi connectivity index (χ2n) is 6.04. The number of hydrogen-bond donors (Lipinski definition) is 1. The van der Waals surface area contributed by atoms with Crippen LogP contribution in [0.4, 0.5) is 0 Å². The number of hydrogen-bond acceptors (Lipinski definition) is 5. The van der Waals surface area contributed by atoms with Gasteiger partial charge in [-0.2, -0.15) is 5.10 Å². The number of rotatable bonds is 5. The van der Waals surface area contributed by atoms with E-state index in [1.165, 1.54) is 11.3 Å². The fraction of sp³-hybridized carbons (Fsp3) is 0.375. The van der Waals surface area contributed by atoms with Crippen LogP contribution in [0, 0.1) is 0 Å². The first-order valence-electron chi connectivity index (χ1n) is 7.82. The molecule has 3 aromatic heterocycles. The summed E-state index contributed by atoms with van der Waals surface area (Å²) in [5, 5.41) is 15.6. The SMILES string of the molecule is CC(C)c1nnc(CNC(=O)c2cn(C)nc2-c2ccc(Cl)s2)n1C. The Hall–Kier alpha value is -2.19. The second kappa shape index (κ2) is 6.97. The van der Waals surface area contributed by atoms with Crippen LogP contribution in [0.3, 0.4) is 0 Å². The Morgan fingerprint density at radius 3 is 2.68 bits per heavy atom. The van der Waals surface area contributed by atoms with Crippen LogP contribution in [0.25, 0.3) is 10.6 Å². The molecular weight excluding hydrogens is 360 g/mol. The molecule has 132 valence electrons. The molecule has 0 bridgehead atoms. The number of carbonyl (C=O) groups is 1. The minimum atomic E-state index is -0.207. The van der Waals surface area contributed by atoms with Gasteiger partial charge in [-0.05, 0) is 12.1 Å². The Morgan fingerprint density at radius 2 is 2.08 bits per heavy atom. The van der Waals surface area contributed by atoms with Crippen LogP contribution in [-0.2, 0) is 20.6 Å². The molecule has 3 rings (SSSR count). The molecular formula is C16H19ClN6OS. The molecule has 1 N–H and O–H groups in total. The van der Waals surface area contributed by atoms with E-state index in [4.69, 9.17) is 11.6 Å². The first-order valence-corrected chi connectivity index (χ1v) is 9.02. The van der Waals surface area contributed by atoms with Gasteiger partial charge in [-0.15, -0.1) is 21.5 Å². The summed E-state index contributed by atoms with van der Waals surface area (Å²) in [6.45, 7) is 4.41. The molecule has 0 unspecified atom stereocenters. The molecule has 0 aliphatic heterocycles. The van der Waals surface area contributed by atoms with E-state index in [1.807, 2.05) is 17.7 Å². The molecule has 0 saturated carbocycles. The third kappa shape index (κ3) is 3.59. The van der Waals surface area contributed by atoms with Gasteiger partial charge >= 0.3 is 0 Å². The fourth-order valence-electron chi connectivity index (χ4n) is 2.56. The Bertz CT molecular complexity index is 910. The zero-order chi connectivity index (χ0) is 18.1. The first kappa shape index (κ1) is 17.6. The number of carbonyl (C=O) groups excluding carboxylic acids is 1. The minimum absolute atomic E-state index is 0.207. The zero-order valence-electron chi connectivity index (χ0n) is 14.4. The summed E-state index contributed by atoms with van der Waals surface area (Å²) >= 11 is 7.39. The lowest BCUT2D eigenvalue weighted by molar-refractivity contribution is 0.0950. The van der Waals surface area contributed by atoms with E-state index in [9.17, 15) is 4.79 Å². The highest BCUT2D eigenvalue weighted by Gasteiger charge is 2.19. The molecule has 0 saturated heterocycles. The predicted molar refractivity (Wildman–Crippen MR) is 97.8 cm³/mol. The monoisotopic (exact) mass is 378 g/mol. The van der Waals surface area contributed by atoms with Gasteiger partial charge in [0, 0.05) is 26.2 Å². The van der Waals surface area contributed by atoms with Crippen LogP contribution in [0.5, 0.6) is 0 Å². The molecule has 0 spiro atoms. The second-order valence-corrected chi connectivity index (χ2v) is 7.75. The normalized spacial score (nSPS) is 11.3. The van der Waals surface area contributed by atoms with Crippen molar-refractivity contribution in [2.45, 2.75) is 26.3 Å². The van der Waals surface area contributed by atoms with Gasteiger partial charge in [0.1, 0.15) is 11.5 Å². The third-order valence-corrected chi connectivity index (χ3v) is 5.04. The molecule has 0 atom stereocenters. The van der Waals surface area contributed by atoms with Crippen LogP contribution in [0.15, 0.2) is 18.3 Å². The molecule has 3 aromatic rings. The molecule has 1 amide bonds. The number of amides is 1. The van der Waals surface area contributed by atoms with Crippen molar-refractivity contribution in [3.63, 3.8) is 0 Å². The van der Waals surface area contributed by atoms with Gasteiger partial charge in [0.15, 0.2) is 5.82 Å². The summed E-state index contributed by atoms with van der Waals surface area (Å²) in [7, 11) is 3.69. The quantitative estimate of drug-likeness (QED) is 0.740. The van der Waals surface area contributed by atoms with E-state index in [0.29, 0.717) is 28.0 Å². The van der Waals surface area contributed by atoms with E-state index < -0.39 is 0 Å². The van der Waals surface area contributed by atoms with Crippen LogP contribution in [-0.4, -0.2) is 30.5 Å². The summed E-state index contributed by atoms with van der Waals surface area (Å²) < 4.78 is 4.19. The smallest absolute Gasteiger partial charge is 0.255 e. The van der Waals surface area contributed by atoms with Gasteiger partial charge in [-0.3, -0.25) is 9.48 Å². The van der Waals surface area contributed by atoms with Gasteiger partial charge in [-0.1, -0.05) is 25.4 Å². The molecule has 0 aromatic carbocycles. The molecule has 0 fully saturated rings. The van der Waals surface area contributed by atoms with Crippen LogP contribution >= 0.6 is 22.9 Å². The van der Waals surface area contributed by atoms with E-state index in [0.717, 1.165) is 10.7 Å². The number of nitrogens with one attached hydrogen (secondary N) is 1. The minimum Gasteiger partial charge on any atom is -0.345 e. The van der Waals surface area contributed by atoms with Crippen molar-refractivity contribution in [3.05, 3.63) is 39.9 Å². The van der Waals surface area contributed by atoms with Gasteiger partial charge in [0.05, 0.1) is 21.3 Å². The Balaban J connectivity index is 1.78. The number of thiophene rings is 1. The number of aromatic nitrogens is 5. The van der Waals surface area contributed by atoms with Crippen molar-refractivity contribution in [1.82, 2.24) is 29.9 Å². The summed E-state index contributed by atoms with van der Waals surface area (Å²) in [4.78, 5) is 13.5. The van der Waals surface area contributed by atoms with E-state index in [1.54, 1.807) is 24.0 Å². The average Bonchev–Trinajstić information content (AvgIpc) is 3.24. The van der Waals surface area contributed by atoms with Crippen molar-refractivity contribution < 1.29 is 4.79 Å². The number of nitrogens with zero attached hydrogens (tertiary/aromatic N) is 5. The first-order chi connectivity index (χ1) is 11.9. The molecule has 0 aliphatic carbocycles. The highest BCUT2D eigenvalue weighted by Crippen LogP contribution is 2.32. The molecule has 3 heterocycles. The zero-order valence-corrected chi connectivity index (χ0v) is 16.0. The third-order valence-electron chi connectivity index (χ3n) is 3.80.